The fourth-order valence-corrected chi connectivity index (χ4v) is 2.86. The van der Waals surface area contributed by atoms with Gasteiger partial charge >= 0.3 is 6.09 Å². The number of rotatable bonds is 2. The van der Waals surface area contributed by atoms with Crippen molar-refractivity contribution in [1.29, 1.82) is 10.5 Å². The van der Waals surface area contributed by atoms with E-state index in [0.29, 0.717) is 17.0 Å². The molecule has 0 saturated carbocycles. The standard InChI is InChI=1S/C19H21N3O3/c1-13-10-19(11-20,12-21)16(14-6-8-15(24-5)9-7-14)22(13)17(23)25-18(2,3)4/h6-10,16H,1-5H3/t16-/m0/s1. The molecule has 0 fully saturated rings. The first kappa shape index (κ1) is 18.4. The van der Waals surface area contributed by atoms with E-state index in [9.17, 15) is 15.3 Å². The Labute approximate surface area is 147 Å². The molecule has 0 aliphatic carbocycles. The van der Waals surface area contributed by atoms with Crippen LogP contribution in [0, 0.1) is 28.1 Å². The average molecular weight is 339 g/mol. The van der Waals surface area contributed by atoms with Gasteiger partial charge in [-0.3, -0.25) is 4.90 Å². The maximum absolute atomic E-state index is 12.7. The van der Waals surface area contributed by atoms with Crippen LogP contribution in [-0.2, 0) is 4.74 Å². The second-order valence-electron chi connectivity index (χ2n) is 6.90. The zero-order valence-electron chi connectivity index (χ0n) is 15.0. The van der Waals surface area contributed by atoms with Crippen molar-refractivity contribution >= 4 is 6.09 Å². The maximum Gasteiger partial charge on any atom is 0.415 e. The van der Waals surface area contributed by atoms with Crippen LogP contribution in [0.3, 0.4) is 0 Å². The lowest BCUT2D eigenvalue weighted by Crippen LogP contribution is -2.39. The second-order valence-corrected chi connectivity index (χ2v) is 6.90. The number of ether oxygens (including phenoxy) is 2. The summed E-state index contributed by atoms with van der Waals surface area (Å²) in [4.78, 5) is 14.1. The molecule has 1 heterocycles. The molecule has 0 N–H and O–H groups in total. The Hall–Kier alpha value is -2.99. The molecule has 1 aromatic carbocycles. The summed E-state index contributed by atoms with van der Waals surface area (Å²) in [7, 11) is 1.55. The molecule has 1 atom stereocenters. The Kier molecular flexibility index (Phi) is 4.76. The van der Waals surface area contributed by atoms with Gasteiger partial charge in [0.25, 0.3) is 0 Å². The predicted octanol–water partition coefficient (Wildman–Crippen LogP) is 3.92. The summed E-state index contributed by atoms with van der Waals surface area (Å²) in [6.07, 6.45) is 0.931. The third-order valence-electron chi connectivity index (χ3n) is 3.90. The van der Waals surface area contributed by atoms with Gasteiger partial charge in [-0.2, -0.15) is 10.5 Å². The van der Waals surface area contributed by atoms with Crippen LogP contribution in [0.15, 0.2) is 36.0 Å². The van der Waals surface area contributed by atoms with Gasteiger partial charge in [-0.1, -0.05) is 12.1 Å². The SMILES string of the molecule is COc1ccc([C@@H]2N(C(=O)OC(C)(C)C)C(C)=CC2(C#N)C#N)cc1. The number of carbonyl (C=O) groups excluding carboxylic acids is 1. The van der Waals surface area contributed by atoms with Crippen LogP contribution < -0.4 is 4.74 Å². The Balaban J connectivity index is 2.53. The van der Waals surface area contributed by atoms with Crippen molar-refractivity contribution in [1.82, 2.24) is 4.90 Å². The van der Waals surface area contributed by atoms with E-state index in [4.69, 9.17) is 9.47 Å². The van der Waals surface area contributed by atoms with Gasteiger partial charge in [0, 0.05) is 5.70 Å². The molecule has 0 unspecified atom stereocenters. The smallest absolute Gasteiger partial charge is 0.415 e. The second kappa shape index (κ2) is 6.49. The number of nitrogens with zero attached hydrogens (tertiary/aromatic N) is 3. The Bertz CT molecular complexity index is 762. The molecule has 6 heteroatoms. The monoisotopic (exact) mass is 339 g/mol. The number of benzene rings is 1. The van der Waals surface area contributed by atoms with E-state index in [1.54, 1.807) is 59.1 Å². The van der Waals surface area contributed by atoms with E-state index in [1.807, 2.05) is 0 Å². The molecule has 2 rings (SSSR count). The van der Waals surface area contributed by atoms with Crippen LogP contribution in [0.25, 0.3) is 0 Å². The minimum Gasteiger partial charge on any atom is -0.497 e. The molecule has 0 spiro atoms. The molecule has 1 amide bonds. The fraction of sp³-hybridized carbons (Fsp3) is 0.421. The van der Waals surface area contributed by atoms with E-state index in [0.717, 1.165) is 0 Å². The normalized spacial score (nSPS) is 18.8. The molecule has 0 radical (unpaired) electrons. The molecule has 25 heavy (non-hydrogen) atoms. The van der Waals surface area contributed by atoms with Gasteiger partial charge in [-0.25, -0.2) is 4.79 Å². The van der Waals surface area contributed by atoms with Gasteiger partial charge in [0.15, 0.2) is 5.41 Å². The van der Waals surface area contributed by atoms with E-state index < -0.39 is 23.2 Å². The summed E-state index contributed by atoms with van der Waals surface area (Å²) in [6.45, 7) is 7.00. The number of allylic oxidation sites excluding steroid dienone is 1. The lowest BCUT2D eigenvalue weighted by Gasteiger charge is -2.33. The van der Waals surface area contributed by atoms with Gasteiger partial charge in [-0.05, 0) is 51.5 Å². The first-order valence-corrected chi connectivity index (χ1v) is 7.85. The van der Waals surface area contributed by atoms with E-state index >= 15 is 0 Å². The van der Waals surface area contributed by atoms with Gasteiger partial charge in [0.1, 0.15) is 17.4 Å². The predicted molar refractivity (Wildman–Crippen MR) is 91.2 cm³/mol. The average Bonchev–Trinajstić information content (AvgIpc) is 2.86. The van der Waals surface area contributed by atoms with Crippen molar-refractivity contribution in [2.75, 3.05) is 7.11 Å². The Morgan fingerprint density at radius 1 is 1.20 bits per heavy atom. The number of hydrogen-bond donors (Lipinski definition) is 0. The van der Waals surface area contributed by atoms with Crippen molar-refractivity contribution in [2.24, 2.45) is 5.41 Å². The number of nitriles is 2. The molecule has 0 aromatic heterocycles. The lowest BCUT2D eigenvalue weighted by atomic mass is 9.81. The van der Waals surface area contributed by atoms with Gasteiger partial charge in [-0.15, -0.1) is 0 Å². The Morgan fingerprint density at radius 2 is 1.76 bits per heavy atom. The third-order valence-corrected chi connectivity index (χ3v) is 3.90. The van der Waals surface area contributed by atoms with E-state index in [2.05, 4.69) is 12.1 Å². The molecular weight excluding hydrogens is 318 g/mol. The molecule has 1 aliphatic heterocycles. The lowest BCUT2D eigenvalue weighted by molar-refractivity contribution is 0.0232. The summed E-state index contributed by atoms with van der Waals surface area (Å²) in [5.41, 5.74) is -0.997. The van der Waals surface area contributed by atoms with E-state index in [1.165, 1.54) is 11.0 Å². The largest absolute Gasteiger partial charge is 0.497 e. The van der Waals surface area contributed by atoms with Crippen LogP contribution in [-0.4, -0.2) is 23.7 Å². The van der Waals surface area contributed by atoms with Crippen LogP contribution in [0.4, 0.5) is 4.79 Å². The minimum atomic E-state index is -1.48. The highest BCUT2D eigenvalue weighted by molar-refractivity contribution is 5.73. The summed E-state index contributed by atoms with van der Waals surface area (Å²) in [5.74, 6) is 0.648. The van der Waals surface area contributed by atoms with Gasteiger partial charge in [0.2, 0.25) is 0 Å². The van der Waals surface area contributed by atoms with Gasteiger partial charge in [0.05, 0.1) is 19.2 Å². The molecule has 6 nitrogen and oxygen atoms in total. The highest BCUT2D eigenvalue weighted by Crippen LogP contribution is 2.48. The fourth-order valence-electron chi connectivity index (χ4n) is 2.86. The summed E-state index contributed by atoms with van der Waals surface area (Å²) in [5, 5.41) is 19.4. The van der Waals surface area contributed by atoms with Crippen LogP contribution >= 0.6 is 0 Å². The van der Waals surface area contributed by atoms with Crippen molar-refractivity contribution < 1.29 is 14.3 Å². The number of amides is 1. The first-order valence-electron chi connectivity index (χ1n) is 7.85. The van der Waals surface area contributed by atoms with Crippen LogP contribution in [0.5, 0.6) is 5.75 Å². The number of hydrogen-bond acceptors (Lipinski definition) is 5. The molecule has 0 saturated heterocycles. The highest BCUT2D eigenvalue weighted by Gasteiger charge is 2.51. The third kappa shape index (κ3) is 3.44. The topological polar surface area (TPSA) is 86.3 Å². The molecular formula is C19H21N3O3. The first-order chi connectivity index (χ1) is 11.7. The number of carbonyl (C=O) groups is 1. The van der Waals surface area contributed by atoms with Crippen molar-refractivity contribution in [3.63, 3.8) is 0 Å². The summed E-state index contributed by atoms with van der Waals surface area (Å²) in [6, 6.07) is 10.3. The number of methoxy groups -OCH3 is 1. The molecule has 1 aromatic rings. The van der Waals surface area contributed by atoms with Crippen LogP contribution in [0.1, 0.15) is 39.3 Å². The Morgan fingerprint density at radius 3 is 2.20 bits per heavy atom. The van der Waals surface area contributed by atoms with Crippen LogP contribution in [0.2, 0.25) is 0 Å². The van der Waals surface area contributed by atoms with Crippen molar-refractivity contribution in [2.45, 2.75) is 39.3 Å². The zero-order chi connectivity index (χ0) is 18.8. The zero-order valence-corrected chi connectivity index (χ0v) is 15.0. The quantitative estimate of drug-likeness (QED) is 0.815. The summed E-state index contributed by atoms with van der Waals surface area (Å²) < 4.78 is 10.6. The molecule has 130 valence electrons. The summed E-state index contributed by atoms with van der Waals surface area (Å²) >= 11 is 0. The molecule has 0 bridgehead atoms. The van der Waals surface area contributed by atoms with Crippen molar-refractivity contribution in [3.05, 3.63) is 41.6 Å². The van der Waals surface area contributed by atoms with Crippen molar-refractivity contribution in [3.8, 4) is 17.9 Å². The van der Waals surface area contributed by atoms with E-state index in [-0.39, 0.29) is 0 Å². The minimum absolute atomic E-state index is 0.512. The van der Waals surface area contributed by atoms with Gasteiger partial charge < -0.3 is 9.47 Å². The highest BCUT2D eigenvalue weighted by atomic mass is 16.6. The molecule has 1 aliphatic rings. The maximum atomic E-state index is 12.7.